The highest BCUT2D eigenvalue weighted by Gasteiger charge is 2.33. The second-order valence-corrected chi connectivity index (χ2v) is 8.00. The highest BCUT2D eigenvalue weighted by molar-refractivity contribution is 7.80. The van der Waals surface area contributed by atoms with E-state index < -0.39 is 6.04 Å². The molecule has 1 unspecified atom stereocenters. The third-order valence-electron chi connectivity index (χ3n) is 5.60. The predicted molar refractivity (Wildman–Crippen MR) is 131 cm³/mol. The highest BCUT2D eigenvalue weighted by atomic mass is 32.1. The number of anilines is 2. The van der Waals surface area contributed by atoms with Gasteiger partial charge in [0, 0.05) is 24.1 Å². The largest absolute Gasteiger partial charge is 0.463 e. The van der Waals surface area contributed by atoms with E-state index in [1.807, 2.05) is 58.2 Å². The number of benzene rings is 2. The van der Waals surface area contributed by atoms with Crippen molar-refractivity contribution >= 4 is 40.7 Å². The second-order valence-electron chi connectivity index (χ2n) is 7.61. The smallest absolute Gasteiger partial charge is 0.338 e. The Hall–Kier alpha value is -3.39. The topological polar surface area (TPSA) is 82.7 Å². The molecule has 2 aromatic rings. The zero-order valence-electron chi connectivity index (χ0n) is 18.9. The van der Waals surface area contributed by atoms with Gasteiger partial charge in [-0.2, -0.15) is 0 Å². The third-order valence-corrected chi connectivity index (χ3v) is 6.00. The summed E-state index contributed by atoms with van der Waals surface area (Å²) in [6.45, 7) is 7.88. The number of nitrogens with zero attached hydrogens (tertiary/aromatic N) is 1. The molecule has 1 aliphatic heterocycles. The Balaban J connectivity index is 1.78. The minimum Gasteiger partial charge on any atom is -0.463 e. The van der Waals surface area contributed by atoms with Gasteiger partial charge in [-0.1, -0.05) is 24.3 Å². The lowest BCUT2D eigenvalue weighted by molar-refractivity contribution is -0.139. The number of amides is 2. The van der Waals surface area contributed by atoms with Crippen LogP contribution in [0.2, 0.25) is 0 Å². The summed E-state index contributed by atoms with van der Waals surface area (Å²) in [4.78, 5) is 26.8. The van der Waals surface area contributed by atoms with Crippen LogP contribution in [0.4, 0.5) is 16.2 Å². The molecule has 1 atom stereocenters. The Kier molecular flexibility index (Phi) is 7.15. The SMILES string of the molecule is CCOC(=O)C1=C(C)N(C)C(=S)NC1c1ccc(NC(=O)Nc2cccc(C)c2C)cc1. The van der Waals surface area contributed by atoms with Gasteiger partial charge in [0.1, 0.15) is 0 Å². The number of nitrogens with one attached hydrogen (secondary N) is 3. The summed E-state index contributed by atoms with van der Waals surface area (Å²) in [5.74, 6) is -0.382. The van der Waals surface area contributed by atoms with E-state index in [9.17, 15) is 9.59 Å². The van der Waals surface area contributed by atoms with Gasteiger partial charge in [0.05, 0.1) is 18.2 Å². The van der Waals surface area contributed by atoms with Gasteiger partial charge >= 0.3 is 12.0 Å². The van der Waals surface area contributed by atoms with Crippen molar-refractivity contribution in [1.29, 1.82) is 0 Å². The molecule has 1 aliphatic rings. The standard InChI is InChI=1S/C24H28N4O3S/c1-6-31-22(29)20-16(4)28(5)24(32)27-21(20)17-10-12-18(13-11-17)25-23(30)26-19-9-7-8-14(2)15(19)3/h7-13,21H,6H2,1-5H3,(H,27,32)(H2,25,26,30). The van der Waals surface area contributed by atoms with Gasteiger partial charge in [-0.25, -0.2) is 9.59 Å². The van der Waals surface area contributed by atoms with Crippen molar-refractivity contribution in [2.75, 3.05) is 24.3 Å². The number of urea groups is 1. The van der Waals surface area contributed by atoms with E-state index in [1.165, 1.54) is 0 Å². The Labute approximate surface area is 193 Å². The maximum Gasteiger partial charge on any atom is 0.338 e. The van der Waals surface area contributed by atoms with Crippen LogP contribution in [0.25, 0.3) is 0 Å². The summed E-state index contributed by atoms with van der Waals surface area (Å²) in [5, 5.41) is 9.44. The van der Waals surface area contributed by atoms with Crippen LogP contribution >= 0.6 is 12.2 Å². The highest BCUT2D eigenvalue weighted by Crippen LogP contribution is 2.31. The number of rotatable bonds is 5. The number of esters is 1. The quantitative estimate of drug-likeness (QED) is 0.453. The van der Waals surface area contributed by atoms with E-state index in [1.54, 1.807) is 24.0 Å². The van der Waals surface area contributed by atoms with E-state index >= 15 is 0 Å². The summed E-state index contributed by atoms with van der Waals surface area (Å²) < 4.78 is 5.27. The molecule has 0 fully saturated rings. The summed E-state index contributed by atoms with van der Waals surface area (Å²) in [5.41, 5.74) is 5.62. The number of hydrogen-bond donors (Lipinski definition) is 3. The van der Waals surface area contributed by atoms with Gasteiger partial charge in [0.15, 0.2) is 5.11 Å². The van der Waals surface area contributed by atoms with Crippen LogP contribution in [0.3, 0.4) is 0 Å². The molecule has 1 heterocycles. The zero-order chi connectivity index (χ0) is 23.4. The molecule has 7 nitrogen and oxygen atoms in total. The summed E-state index contributed by atoms with van der Waals surface area (Å²) in [6, 6.07) is 12.3. The zero-order valence-corrected chi connectivity index (χ0v) is 19.7. The number of thiocarbonyl (C=S) groups is 1. The fourth-order valence-corrected chi connectivity index (χ4v) is 3.74. The molecule has 3 N–H and O–H groups in total. The van der Waals surface area contributed by atoms with E-state index in [2.05, 4.69) is 16.0 Å². The van der Waals surface area contributed by atoms with Crippen LogP contribution < -0.4 is 16.0 Å². The van der Waals surface area contributed by atoms with E-state index in [0.29, 0.717) is 16.4 Å². The van der Waals surface area contributed by atoms with Crippen molar-refractivity contribution in [1.82, 2.24) is 10.2 Å². The summed E-state index contributed by atoms with van der Waals surface area (Å²) in [7, 11) is 1.81. The first kappa shape index (κ1) is 23.3. The average Bonchev–Trinajstić information content (AvgIpc) is 2.75. The molecule has 0 spiro atoms. The Morgan fingerprint density at radius 1 is 1.09 bits per heavy atom. The summed E-state index contributed by atoms with van der Waals surface area (Å²) >= 11 is 5.41. The van der Waals surface area contributed by atoms with Crippen molar-refractivity contribution < 1.29 is 14.3 Å². The molecule has 0 bridgehead atoms. The molecule has 168 valence electrons. The number of ether oxygens (including phenoxy) is 1. The predicted octanol–water partition coefficient (Wildman–Crippen LogP) is 4.65. The van der Waals surface area contributed by atoms with Crippen molar-refractivity contribution in [3.05, 3.63) is 70.4 Å². The minimum absolute atomic E-state index is 0.287. The Morgan fingerprint density at radius 2 is 1.78 bits per heavy atom. The first-order valence-electron chi connectivity index (χ1n) is 10.4. The molecule has 0 aliphatic carbocycles. The first-order valence-corrected chi connectivity index (χ1v) is 10.8. The van der Waals surface area contributed by atoms with E-state index in [4.69, 9.17) is 17.0 Å². The van der Waals surface area contributed by atoms with Crippen molar-refractivity contribution in [2.24, 2.45) is 0 Å². The molecule has 2 aromatic carbocycles. The van der Waals surface area contributed by atoms with Gasteiger partial charge in [-0.15, -0.1) is 0 Å². The Bertz CT molecular complexity index is 1080. The molecule has 32 heavy (non-hydrogen) atoms. The maximum absolute atomic E-state index is 12.6. The van der Waals surface area contributed by atoms with Gasteiger partial charge in [0.2, 0.25) is 0 Å². The van der Waals surface area contributed by atoms with Gasteiger partial charge < -0.3 is 25.6 Å². The minimum atomic E-state index is -0.435. The molecule has 0 radical (unpaired) electrons. The molecule has 0 saturated carbocycles. The molecule has 2 amide bonds. The number of allylic oxidation sites excluding steroid dienone is 1. The Morgan fingerprint density at radius 3 is 2.44 bits per heavy atom. The van der Waals surface area contributed by atoms with Gasteiger partial charge in [-0.05, 0) is 74.8 Å². The van der Waals surface area contributed by atoms with Crippen LogP contribution in [0.5, 0.6) is 0 Å². The summed E-state index contributed by atoms with van der Waals surface area (Å²) in [6.07, 6.45) is 0. The number of carbonyl (C=O) groups excluding carboxylic acids is 2. The van der Waals surface area contributed by atoms with Crippen molar-refractivity contribution in [3.8, 4) is 0 Å². The molecule has 0 aromatic heterocycles. The average molecular weight is 453 g/mol. The monoisotopic (exact) mass is 452 g/mol. The lowest BCUT2D eigenvalue weighted by Crippen LogP contribution is -2.46. The second kappa shape index (κ2) is 9.82. The lowest BCUT2D eigenvalue weighted by atomic mass is 9.95. The lowest BCUT2D eigenvalue weighted by Gasteiger charge is -2.35. The van der Waals surface area contributed by atoms with Crippen LogP contribution in [0.15, 0.2) is 53.7 Å². The number of aryl methyl sites for hydroxylation is 1. The van der Waals surface area contributed by atoms with Crippen LogP contribution in [0, 0.1) is 13.8 Å². The third kappa shape index (κ3) is 4.91. The fraction of sp³-hybridized carbons (Fsp3) is 0.292. The van der Waals surface area contributed by atoms with Crippen LogP contribution in [-0.4, -0.2) is 35.7 Å². The molecular weight excluding hydrogens is 424 g/mol. The van der Waals surface area contributed by atoms with Gasteiger partial charge in [-0.3, -0.25) is 0 Å². The number of carbonyl (C=O) groups is 2. The van der Waals surface area contributed by atoms with E-state index in [0.717, 1.165) is 28.1 Å². The molecule has 8 heteroatoms. The maximum atomic E-state index is 12.6. The van der Waals surface area contributed by atoms with Crippen LogP contribution in [-0.2, 0) is 9.53 Å². The normalized spacial score (nSPS) is 15.8. The van der Waals surface area contributed by atoms with Crippen LogP contribution in [0.1, 0.15) is 36.6 Å². The molecule has 0 saturated heterocycles. The molecular formula is C24H28N4O3S. The van der Waals surface area contributed by atoms with Crippen molar-refractivity contribution in [2.45, 2.75) is 33.7 Å². The van der Waals surface area contributed by atoms with Gasteiger partial charge in [0.25, 0.3) is 0 Å². The van der Waals surface area contributed by atoms with E-state index in [-0.39, 0.29) is 18.6 Å². The van der Waals surface area contributed by atoms with Crippen molar-refractivity contribution in [3.63, 3.8) is 0 Å². The fourth-order valence-electron chi connectivity index (χ4n) is 3.49. The first-order chi connectivity index (χ1) is 15.2. The molecule has 3 rings (SSSR count). The number of hydrogen-bond acceptors (Lipinski definition) is 4.